The third-order valence-electron chi connectivity index (χ3n) is 4.80. The van der Waals surface area contributed by atoms with Gasteiger partial charge in [-0.05, 0) is 43.9 Å². The van der Waals surface area contributed by atoms with Crippen LogP contribution in [0.25, 0.3) is 0 Å². The number of benzene rings is 1. The number of hydrogen-bond acceptors (Lipinski definition) is 7. The Hall–Kier alpha value is -2.44. The lowest BCUT2D eigenvalue weighted by Crippen LogP contribution is -2.11. The van der Waals surface area contributed by atoms with E-state index < -0.39 is 7.60 Å². The highest BCUT2D eigenvalue weighted by Gasteiger charge is 2.30. The normalized spacial score (nSPS) is 12.9. The van der Waals surface area contributed by atoms with Crippen LogP contribution in [0.15, 0.2) is 12.3 Å². The van der Waals surface area contributed by atoms with Crippen LogP contribution in [0.3, 0.4) is 0 Å². The molecule has 0 aliphatic rings. The number of pyridine rings is 1. The number of hydrogen-bond donors (Lipinski definition) is 3. The van der Waals surface area contributed by atoms with Gasteiger partial charge in [0.25, 0.3) is 0 Å². The van der Waals surface area contributed by atoms with E-state index in [1.165, 1.54) is 14.2 Å². The summed E-state index contributed by atoms with van der Waals surface area (Å²) in [5.74, 6) is 0.960. The number of ether oxygens (including phenoxy) is 2. The van der Waals surface area contributed by atoms with Crippen LogP contribution >= 0.6 is 7.60 Å². The fourth-order valence-corrected chi connectivity index (χ4v) is 4.02. The molecule has 0 saturated heterocycles. The molecule has 1 heterocycles. The van der Waals surface area contributed by atoms with Gasteiger partial charge >= 0.3 is 7.60 Å². The number of aromatic hydroxyl groups is 1. The highest BCUT2D eigenvalue weighted by molar-refractivity contribution is 7.53. The fourth-order valence-electron chi connectivity index (χ4n) is 3.10. The first kappa shape index (κ1) is 22.8. The van der Waals surface area contributed by atoms with Gasteiger partial charge in [-0.25, -0.2) is 9.55 Å². The van der Waals surface area contributed by atoms with E-state index in [2.05, 4.69) is 10.3 Å². The van der Waals surface area contributed by atoms with Gasteiger partial charge in [0.1, 0.15) is 17.9 Å². The number of phenolic OH excluding ortho intramolecular Hbond substituents is 1. The fraction of sp³-hybridized carbons (Fsp3) is 0.450. The Morgan fingerprint density at radius 1 is 1.07 bits per heavy atom. The summed E-state index contributed by atoms with van der Waals surface area (Å²) >= 11 is 0. The van der Waals surface area contributed by atoms with Crippen LogP contribution in [0.1, 0.15) is 36.1 Å². The van der Waals surface area contributed by atoms with Crippen LogP contribution in [0.5, 0.6) is 23.0 Å². The Morgan fingerprint density at radius 2 is 1.69 bits per heavy atom. The average Bonchev–Trinajstić information content (AvgIpc) is 2.68. The first-order valence-electron chi connectivity index (χ1n) is 9.36. The van der Waals surface area contributed by atoms with Crippen molar-refractivity contribution in [3.05, 3.63) is 34.5 Å². The minimum atomic E-state index is -4.13. The number of rotatable bonds is 9. The molecule has 160 valence electrons. The third-order valence-corrected chi connectivity index (χ3v) is 5.83. The van der Waals surface area contributed by atoms with E-state index in [-0.39, 0.29) is 29.3 Å². The number of nitrogens with one attached hydrogen (secondary N) is 1. The van der Waals surface area contributed by atoms with Gasteiger partial charge < -0.3 is 29.3 Å². The van der Waals surface area contributed by atoms with Crippen molar-refractivity contribution in [3.63, 3.8) is 0 Å². The Kier molecular flexibility index (Phi) is 7.38. The summed E-state index contributed by atoms with van der Waals surface area (Å²) in [4.78, 5) is 14.7. The standard InChI is InChI=1S/C20H29N2O6P/c1-7-14-16(23)19(27-6)18(26-5)15(8-2)17(14)28-29(24,25)11-22-20-13(4)12(3)9-10-21-20/h9-10,23H,7-8,11H2,1-6H3,(H,21,22)(H,24,25). The number of nitrogens with zero attached hydrogens (tertiary/aromatic N) is 1. The monoisotopic (exact) mass is 424 g/mol. The molecule has 2 aromatic rings. The van der Waals surface area contributed by atoms with Crippen LogP contribution in [0.4, 0.5) is 5.82 Å². The summed E-state index contributed by atoms with van der Waals surface area (Å²) in [6, 6.07) is 1.86. The number of phenols is 1. The predicted molar refractivity (Wildman–Crippen MR) is 113 cm³/mol. The zero-order chi connectivity index (χ0) is 21.8. The number of methoxy groups -OCH3 is 2. The molecule has 0 radical (unpaired) electrons. The van der Waals surface area contributed by atoms with Gasteiger partial charge in [0, 0.05) is 17.3 Å². The third kappa shape index (κ3) is 4.77. The molecule has 2 rings (SSSR count). The number of anilines is 1. The average molecular weight is 424 g/mol. The summed E-state index contributed by atoms with van der Waals surface area (Å²) in [6.45, 7) is 7.49. The van der Waals surface area contributed by atoms with Crippen molar-refractivity contribution in [2.24, 2.45) is 0 Å². The van der Waals surface area contributed by atoms with Crippen molar-refractivity contribution in [1.82, 2.24) is 4.98 Å². The molecule has 0 amide bonds. The first-order valence-corrected chi connectivity index (χ1v) is 11.1. The second-order valence-electron chi connectivity index (χ2n) is 6.57. The largest absolute Gasteiger partial charge is 0.504 e. The number of aryl methyl sites for hydroxylation is 1. The molecule has 8 nitrogen and oxygen atoms in total. The van der Waals surface area contributed by atoms with Gasteiger partial charge in [0.15, 0.2) is 11.5 Å². The van der Waals surface area contributed by atoms with E-state index in [4.69, 9.17) is 14.0 Å². The van der Waals surface area contributed by atoms with Crippen LogP contribution < -0.4 is 19.3 Å². The Bertz CT molecular complexity index is 932. The van der Waals surface area contributed by atoms with Crippen LogP contribution in [0.2, 0.25) is 0 Å². The molecule has 0 spiro atoms. The lowest BCUT2D eigenvalue weighted by Gasteiger charge is -2.23. The molecule has 0 fully saturated rings. The van der Waals surface area contributed by atoms with Gasteiger partial charge in [-0.15, -0.1) is 0 Å². The van der Waals surface area contributed by atoms with Crippen molar-refractivity contribution in [2.75, 3.05) is 25.8 Å². The first-order chi connectivity index (χ1) is 13.7. The molecule has 1 unspecified atom stereocenters. The van der Waals surface area contributed by atoms with E-state index in [0.29, 0.717) is 29.8 Å². The van der Waals surface area contributed by atoms with Gasteiger partial charge in [0.2, 0.25) is 5.75 Å². The van der Waals surface area contributed by atoms with Crippen molar-refractivity contribution in [2.45, 2.75) is 40.5 Å². The van der Waals surface area contributed by atoms with Gasteiger partial charge in [-0.1, -0.05) is 13.8 Å². The van der Waals surface area contributed by atoms with Crippen molar-refractivity contribution in [1.29, 1.82) is 0 Å². The molecule has 0 aliphatic carbocycles. The maximum absolute atomic E-state index is 12.8. The van der Waals surface area contributed by atoms with E-state index >= 15 is 0 Å². The molecule has 0 bridgehead atoms. The van der Waals surface area contributed by atoms with Crippen molar-refractivity contribution < 1.29 is 28.6 Å². The molecule has 29 heavy (non-hydrogen) atoms. The van der Waals surface area contributed by atoms with Crippen molar-refractivity contribution in [3.8, 4) is 23.0 Å². The van der Waals surface area contributed by atoms with Gasteiger partial charge in [-0.2, -0.15) is 0 Å². The second-order valence-corrected chi connectivity index (χ2v) is 8.35. The quantitative estimate of drug-likeness (QED) is 0.514. The van der Waals surface area contributed by atoms with Crippen molar-refractivity contribution >= 4 is 13.4 Å². The number of aromatic nitrogens is 1. The SMILES string of the molecule is CCc1c(O)c(OC)c(OC)c(CC)c1OP(=O)(O)CNc1nccc(C)c1C. The van der Waals surface area contributed by atoms with E-state index in [0.717, 1.165) is 11.1 Å². The van der Waals surface area contributed by atoms with Gasteiger partial charge in [0.05, 0.1) is 14.2 Å². The summed E-state index contributed by atoms with van der Waals surface area (Å²) in [7, 11) is -1.26. The van der Waals surface area contributed by atoms with E-state index in [1.807, 2.05) is 33.8 Å². The lowest BCUT2D eigenvalue weighted by atomic mass is 10.0. The molecule has 1 aromatic carbocycles. The zero-order valence-electron chi connectivity index (χ0n) is 17.7. The highest BCUT2D eigenvalue weighted by atomic mass is 31.2. The second kappa shape index (κ2) is 9.37. The van der Waals surface area contributed by atoms with Crippen LogP contribution in [-0.2, 0) is 17.4 Å². The molecular weight excluding hydrogens is 395 g/mol. The molecule has 3 N–H and O–H groups in total. The Morgan fingerprint density at radius 3 is 2.24 bits per heavy atom. The molecule has 1 atom stereocenters. The van der Waals surface area contributed by atoms with Crippen LogP contribution in [0, 0.1) is 13.8 Å². The topological polar surface area (TPSA) is 110 Å². The minimum Gasteiger partial charge on any atom is -0.504 e. The van der Waals surface area contributed by atoms with Crippen LogP contribution in [-0.4, -0.2) is 35.5 Å². The molecule has 1 aromatic heterocycles. The predicted octanol–water partition coefficient (Wildman–Crippen LogP) is 4.18. The van der Waals surface area contributed by atoms with E-state index in [9.17, 15) is 14.6 Å². The maximum atomic E-state index is 12.8. The molecular formula is C20H29N2O6P. The molecule has 0 saturated carbocycles. The summed E-state index contributed by atoms with van der Waals surface area (Å²) in [6.07, 6.45) is 2.12. The molecule has 9 heteroatoms. The highest BCUT2D eigenvalue weighted by Crippen LogP contribution is 2.53. The summed E-state index contributed by atoms with van der Waals surface area (Å²) < 4.78 is 29.1. The smallest absolute Gasteiger partial charge is 0.395 e. The summed E-state index contributed by atoms with van der Waals surface area (Å²) in [5, 5.41) is 13.5. The Balaban J connectivity index is 2.42. The summed E-state index contributed by atoms with van der Waals surface area (Å²) in [5.41, 5.74) is 2.85. The van der Waals surface area contributed by atoms with Gasteiger partial charge in [-0.3, -0.25) is 0 Å². The minimum absolute atomic E-state index is 0.145. The maximum Gasteiger partial charge on any atom is 0.395 e. The lowest BCUT2D eigenvalue weighted by molar-refractivity contribution is 0.323. The Labute approximate surface area is 171 Å². The molecule has 0 aliphatic heterocycles. The van der Waals surface area contributed by atoms with E-state index in [1.54, 1.807) is 6.20 Å². The zero-order valence-corrected chi connectivity index (χ0v) is 18.6.